The number of fused-ring (bicyclic) bond motifs is 5. The summed E-state index contributed by atoms with van der Waals surface area (Å²) in [4.78, 5) is 0. The summed E-state index contributed by atoms with van der Waals surface area (Å²) >= 11 is 0. The lowest BCUT2D eigenvalue weighted by Gasteiger charge is -2.35. The third-order valence-electron chi connectivity index (χ3n) is 6.49. The minimum atomic E-state index is -3.60. The second kappa shape index (κ2) is 4.93. The topological polar surface area (TPSA) is 81.4 Å². The first-order valence-electron chi connectivity index (χ1n) is 8.14. The molecule has 5 atom stereocenters. The van der Waals surface area contributed by atoms with Crippen LogP contribution in [-0.4, -0.2) is 30.9 Å². The summed E-state index contributed by atoms with van der Waals surface area (Å²) in [5.41, 5.74) is 0.835. The number of anilines is 1. The molecule has 3 aliphatic rings. The molecule has 4 rings (SSSR count). The molecule has 7 heteroatoms. The smallest absolute Gasteiger partial charge is 0.241 e. The van der Waals surface area contributed by atoms with E-state index < -0.39 is 27.5 Å². The summed E-state index contributed by atoms with van der Waals surface area (Å²) in [5.74, 6) is -0.129. The van der Waals surface area contributed by atoms with Crippen molar-refractivity contribution >= 4 is 15.7 Å². The predicted molar refractivity (Wildman–Crippen MR) is 86.4 cm³/mol. The van der Waals surface area contributed by atoms with Crippen molar-refractivity contribution in [3.8, 4) is 6.07 Å². The molecule has 5 nitrogen and oxygen atoms in total. The SMILES string of the molecule is C[C@@]12[C@H]3C[C@H]([C@@H](O)C3)[C@@H]1CN(c1ccc(C#N)c(CF)c1)S2(=O)=O. The summed E-state index contributed by atoms with van der Waals surface area (Å²) in [6.45, 7) is 1.30. The lowest BCUT2D eigenvalue weighted by atomic mass is 9.78. The molecule has 1 heterocycles. The van der Waals surface area contributed by atoms with E-state index >= 15 is 0 Å². The van der Waals surface area contributed by atoms with Gasteiger partial charge in [-0.05, 0) is 49.8 Å². The molecule has 1 aromatic carbocycles. The van der Waals surface area contributed by atoms with E-state index in [1.807, 2.05) is 6.07 Å². The van der Waals surface area contributed by atoms with Gasteiger partial charge in [0.25, 0.3) is 0 Å². The molecular formula is C17H19FN2O3S. The maximum atomic E-state index is 13.2. The van der Waals surface area contributed by atoms with Crippen LogP contribution in [0.5, 0.6) is 0 Å². The highest BCUT2D eigenvalue weighted by Crippen LogP contribution is 2.62. The molecule has 0 spiro atoms. The number of hydrogen-bond donors (Lipinski definition) is 1. The van der Waals surface area contributed by atoms with Crippen LogP contribution in [0.4, 0.5) is 10.1 Å². The van der Waals surface area contributed by atoms with Crippen molar-refractivity contribution in [1.29, 1.82) is 5.26 Å². The van der Waals surface area contributed by atoms with E-state index in [1.54, 1.807) is 13.0 Å². The summed E-state index contributed by atoms with van der Waals surface area (Å²) in [7, 11) is -3.60. The number of alkyl halides is 1. The van der Waals surface area contributed by atoms with Gasteiger partial charge in [0.15, 0.2) is 0 Å². The van der Waals surface area contributed by atoms with E-state index in [1.165, 1.54) is 16.4 Å². The zero-order valence-electron chi connectivity index (χ0n) is 13.3. The Morgan fingerprint density at radius 2 is 2.21 bits per heavy atom. The molecule has 0 radical (unpaired) electrons. The number of hydrogen-bond acceptors (Lipinski definition) is 4. The first-order chi connectivity index (χ1) is 11.3. The van der Waals surface area contributed by atoms with Crippen LogP contribution in [0, 0.1) is 29.1 Å². The molecule has 0 unspecified atom stereocenters. The first-order valence-corrected chi connectivity index (χ1v) is 9.58. The monoisotopic (exact) mass is 350 g/mol. The number of halogens is 1. The third-order valence-corrected chi connectivity index (χ3v) is 9.18. The Balaban J connectivity index is 1.78. The Morgan fingerprint density at radius 1 is 1.46 bits per heavy atom. The molecule has 24 heavy (non-hydrogen) atoms. The highest BCUT2D eigenvalue weighted by atomic mass is 32.2. The van der Waals surface area contributed by atoms with Crippen LogP contribution in [0.3, 0.4) is 0 Å². The Labute approximate surface area is 140 Å². The molecule has 1 saturated heterocycles. The van der Waals surface area contributed by atoms with Gasteiger partial charge in [0.05, 0.1) is 28.2 Å². The minimum Gasteiger partial charge on any atom is -0.393 e. The van der Waals surface area contributed by atoms with E-state index in [0.29, 0.717) is 18.7 Å². The van der Waals surface area contributed by atoms with Crippen LogP contribution < -0.4 is 4.31 Å². The number of sulfonamides is 1. The quantitative estimate of drug-likeness (QED) is 0.884. The number of nitrogens with zero attached hydrogens (tertiary/aromatic N) is 2. The number of rotatable bonds is 2. The summed E-state index contributed by atoms with van der Waals surface area (Å²) in [6, 6.07) is 6.42. The molecule has 0 aromatic heterocycles. The Morgan fingerprint density at radius 3 is 2.88 bits per heavy atom. The van der Waals surface area contributed by atoms with E-state index in [9.17, 15) is 17.9 Å². The average molecular weight is 350 g/mol. The van der Waals surface area contributed by atoms with Gasteiger partial charge in [-0.15, -0.1) is 0 Å². The van der Waals surface area contributed by atoms with Gasteiger partial charge in [-0.3, -0.25) is 4.31 Å². The van der Waals surface area contributed by atoms with Crippen molar-refractivity contribution in [3.63, 3.8) is 0 Å². The lowest BCUT2D eigenvalue weighted by Crippen LogP contribution is -2.47. The van der Waals surface area contributed by atoms with Gasteiger partial charge in [0.1, 0.15) is 6.67 Å². The van der Waals surface area contributed by atoms with Crippen molar-refractivity contribution in [2.45, 2.75) is 37.3 Å². The van der Waals surface area contributed by atoms with Crippen LogP contribution in [0.2, 0.25) is 0 Å². The van der Waals surface area contributed by atoms with Crippen molar-refractivity contribution < 1.29 is 17.9 Å². The van der Waals surface area contributed by atoms with Crippen LogP contribution in [0.25, 0.3) is 0 Å². The zero-order valence-corrected chi connectivity index (χ0v) is 14.1. The molecular weight excluding hydrogens is 331 g/mol. The van der Waals surface area contributed by atoms with E-state index in [4.69, 9.17) is 5.26 Å². The maximum absolute atomic E-state index is 13.2. The van der Waals surface area contributed by atoms with E-state index in [0.717, 1.165) is 6.42 Å². The maximum Gasteiger partial charge on any atom is 0.241 e. The van der Waals surface area contributed by atoms with Crippen LogP contribution >= 0.6 is 0 Å². The van der Waals surface area contributed by atoms with Crippen molar-refractivity contribution in [1.82, 2.24) is 0 Å². The summed E-state index contributed by atoms with van der Waals surface area (Å²) in [6.07, 6.45) is 0.873. The Kier molecular flexibility index (Phi) is 3.26. The first kappa shape index (κ1) is 15.9. The van der Waals surface area contributed by atoms with Crippen molar-refractivity contribution in [2.24, 2.45) is 17.8 Å². The Bertz CT molecular complexity index is 850. The van der Waals surface area contributed by atoms with Crippen LogP contribution in [-0.2, 0) is 16.7 Å². The molecule has 2 saturated carbocycles. The highest BCUT2D eigenvalue weighted by Gasteiger charge is 2.70. The minimum absolute atomic E-state index is 0.0128. The zero-order chi connectivity index (χ0) is 17.3. The van der Waals surface area contributed by atoms with Gasteiger partial charge in [-0.2, -0.15) is 5.26 Å². The standard InChI is InChI=1S/C17H19FN2O3S/c1-17-12-5-14(16(21)6-12)15(17)9-20(24(17,22)23)13-3-2-10(8-19)11(4-13)7-18/h2-4,12,14-16,21H,5-7,9H2,1H3/t12-,14-,15-,16-,17+/m0/s1. The molecule has 1 N–H and O–H groups in total. The van der Waals surface area contributed by atoms with E-state index in [2.05, 4.69) is 0 Å². The molecule has 1 aromatic rings. The summed E-state index contributed by atoms with van der Waals surface area (Å²) < 4.78 is 40.1. The van der Waals surface area contributed by atoms with Gasteiger partial charge >= 0.3 is 0 Å². The second-order valence-corrected chi connectivity index (χ2v) is 9.58. The highest BCUT2D eigenvalue weighted by molar-refractivity contribution is 7.94. The molecule has 128 valence electrons. The predicted octanol–water partition coefficient (Wildman–Crippen LogP) is 1.95. The normalized spacial score (nSPS) is 39.0. The number of aliphatic hydroxyl groups excluding tert-OH is 1. The Hall–Kier alpha value is -1.65. The van der Waals surface area contributed by atoms with Gasteiger partial charge in [-0.25, -0.2) is 12.8 Å². The second-order valence-electron chi connectivity index (χ2n) is 7.31. The molecule has 0 amide bonds. The number of aliphatic hydroxyl groups is 1. The molecule has 1 aliphatic heterocycles. The lowest BCUT2D eigenvalue weighted by molar-refractivity contribution is 0.0728. The molecule has 2 aliphatic carbocycles. The summed E-state index contributed by atoms with van der Waals surface area (Å²) in [5, 5.41) is 19.2. The average Bonchev–Trinajstić information content (AvgIpc) is 3.14. The van der Waals surface area contributed by atoms with Gasteiger partial charge < -0.3 is 5.11 Å². The molecule has 2 bridgehead atoms. The number of nitriles is 1. The van der Waals surface area contributed by atoms with Gasteiger partial charge in [0.2, 0.25) is 10.0 Å². The fourth-order valence-corrected chi connectivity index (χ4v) is 7.58. The molecule has 3 fully saturated rings. The van der Waals surface area contributed by atoms with E-state index in [-0.39, 0.29) is 28.9 Å². The fraction of sp³-hybridized carbons (Fsp3) is 0.588. The number of benzene rings is 1. The van der Waals surface area contributed by atoms with Crippen LogP contribution in [0.15, 0.2) is 18.2 Å². The van der Waals surface area contributed by atoms with Gasteiger partial charge in [-0.1, -0.05) is 0 Å². The largest absolute Gasteiger partial charge is 0.393 e. The van der Waals surface area contributed by atoms with Crippen molar-refractivity contribution in [3.05, 3.63) is 29.3 Å². The fourth-order valence-electron chi connectivity index (χ4n) is 5.11. The van der Waals surface area contributed by atoms with Crippen LogP contribution in [0.1, 0.15) is 30.9 Å². The van der Waals surface area contributed by atoms with Gasteiger partial charge in [0, 0.05) is 18.0 Å². The van der Waals surface area contributed by atoms with Crippen molar-refractivity contribution in [2.75, 3.05) is 10.8 Å². The third kappa shape index (κ3) is 1.73.